The minimum Gasteiger partial charge on any atom is -0.369 e. The molecule has 2 heteroatoms. The van der Waals surface area contributed by atoms with Gasteiger partial charge in [-0.1, -0.05) is 25.1 Å². The van der Waals surface area contributed by atoms with E-state index in [4.69, 9.17) is 5.73 Å². The fraction of sp³-hybridized carbons (Fsp3) is 0.600. The Bertz CT molecular complexity index is 362. The predicted octanol–water partition coefficient (Wildman–Crippen LogP) is 3.48. The quantitative estimate of drug-likeness (QED) is 0.864. The van der Waals surface area contributed by atoms with Gasteiger partial charge in [0.2, 0.25) is 0 Å². The highest BCUT2D eigenvalue weighted by Crippen LogP contribution is 2.31. The molecule has 0 bridgehead atoms. The lowest BCUT2D eigenvalue weighted by atomic mass is 9.98. The van der Waals surface area contributed by atoms with Gasteiger partial charge in [-0.2, -0.15) is 0 Å². The molecular formula is C15H24N2. The standard InChI is InChI=1S/C15H24N2/c1-3-14(16)13-9-4-5-10-15(13)17-11-7-6-8-12(17)2/h4-5,9-10,12,14H,3,6-8,11,16H2,1-2H3/t12?,14-/m0/s1. The molecule has 2 atom stereocenters. The molecule has 1 aliphatic rings. The topological polar surface area (TPSA) is 29.3 Å². The van der Waals surface area contributed by atoms with Crippen LogP contribution in [0.5, 0.6) is 0 Å². The van der Waals surface area contributed by atoms with Crippen LogP contribution in [-0.4, -0.2) is 12.6 Å². The van der Waals surface area contributed by atoms with Gasteiger partial charge in [0.25, 0.3) is 0 Å². The maximum atomic E-state index is 6.22. The molecule has 94 valence electrons. The molecule has 1 heterocycles. The summed E-state index contributed by atoms with van der Waals surface area (Å²) in [5.41, 5.74) is 8.89. The molecule has 2 rings (SSSR count). The Hall–Kier alpha value is -1.02. The third-order valence-corrected chi connectivity index (χ3v) is 3.89. The Labute approximate surface area is 105 Å². The number of rotatable bonds is 3. The van der Waals surface area contributed by atoms with Gasteiger partial charge in [-0.25, -0.2) is 0 Å². The first-order chi connectivity index (χ1) is 8.24. The van der Waals surface area contributed by atoms with Crippen LogP contribution in [-0.2, 0) is 0 Å². The number of para-hydroxylation sites is 1. The van der Waals surface area contributed by atoms with E-state index in [-0.39, 0.29) is 6.04 Å². The first kappa shape index (κ1) is 12.4. The number of piperidine rings is 1. The second kappa shape index (κ2) is 5.54. The van der Waals surface area contributed by atoms with Crippen molar-refractivity contribution >= 4 is 5.69 Å². The van der Waals surface area contributed by atoms with E-state index in [1.54, 1.807) is 0 Å². The lowest BCUT2D eigenvalue weighted by Gasteiger charge is -2.37. The highest BCUT2D eigenvalue weighted by Gasteiger charge is 2.21. The maximum Gasteiger partial charge on any atom is 0.0417 e. The molecule has 1 unspecified atom stereocenters. The molecule has 0 spiro atoms. The van der Waals surface area contributed by atoms with Crippen LogP contribution in [0.3, 0.4) is 0 Å². The van der Waals surface area contributed by atoms with Crippen molar-refractivity contribution in [1.82, 2.24) is 0 Å². The maximum absolute atomic E-state index is 6.22. The van der Waals surface area contributed by atoms with Crippen LogP contribution in [0, 0.1) is 0 Å². The van der Waals surface area contributed by atoms with E-state index in [0.29, 0.717) is 6.04 Å². The number of hydrogen-bond donors (Lipinski definition) is 1. The number of anilines is 1. The molecule has 1 fully saturated rings. The van der Waals surface area contributed by atoms with Crippen molar-refractivity contribution in [1.29, 1.82) is 0 Å². The molecular weight excluding hydrogens is 208 g/mol. The third-order valence-electron chi connectivity index (χ3n) is 3.89. The summed E-state index contributed by atoms with van der Waals surface area (Å²) in [6, 6.07) is 9.46. The summed E-state index contributed by atoms with van der Waals surface area (Å²) in [5.74, 6) is 0. The van der Waals surface area contributed by atoms with Crippen LogP contribution in [0.2, 0.25) is 0 Å². The molecule has 17 heavy (non-hydrogen) atoms. The second-order valence-corrected chi connectivity index (χ2v) is 5.11. The first-order valence-electron chi connectivity index (χ1n) is 6.85. The van der Waals surface area contributed by atoms with Gasteiger partial charge in [0.1, 0.15) is 0 Å². The van der Waals surface area contributed by atoms with Crippen molar-refractivity contribution < 1.29 is 0 Å². The Balaban J connectivity index is 2.30. The van der Waals surface area contributed by atoms with Gasteiger partial charge in [0, 0.05) is 24.3 Å². The van der Waals surface area contributed by atoms with Crippen LogP contribution in [0.4, 0.5) is 5.69 Å². The van der Waals surface area contributed by atoms with E-state index in [1.807, 2.05) is 0 Å². The van der Waals surface area contributed by atoms with Gasteiger partial charge in [-0.15, -0.1) is 0 Å². The Morgan fingerprint density at radius 1 is 1.35 bits per heavy atom. The average molecular weight is 232 g/mol. The monoisotopic (exact) mass is 232 g/mol. The summed E-state index contributed by atoms with van der Waals surface area (Å²) in [4.78, 5) is 2.54. The third kappa shape index (κ3) is 2.63. The van der Waals surface area contributed by atoms with Gasteiger partial charge in [-0.05, 0) is 44.2 Å². The van der Waals surface area contributed by atoms with E-state index in [9.17, 15) is 0 Å². The van der Waals surface area contributed by atoms with Crippen LogP contribution in [0.25, 0.3) is 0 Å². The average Bonchev–Trinajstić information content (AvgIpc) is 2.38. The van der Waals surface area contributed by atoms with Crippen LogP contribution in [0.15, 0.2) is 24.3 Å². The number of nitrogens with zero attached hydrogens (tertiary/aromatic N) is 1. The van der Waals surface area contributed by atoms with Gasteiger partial charge in [0.15, 0.2) is 0 Å². The smallest absolute Gasteiger partial charge is 0.0417 e. The van der Waals surface area contributed by atoms with Gasteiger partial charge >= 0.3 is 0 Å². The zero-order valence-corrected chi connectivity index (χ0v) is 11.0. The summed E-state index contributed by atoms with van der Waals surface area (Å²) in [7, 11) is 0. The van der Waals surface area contributed by atoms with Crippen molar-refractivity contribution in [2.45, 2.75) is 51.6 Å². The largest absolute Gasteiger partial charge is 0.369 e. The normalized spacial score (nSPS) is 22.5. The Morgan fingerprint density at radius 3 is 2.82 bits per heavy atom. The molecule has 0 aliphatic carbocycles. The van der Waals surface area contributed by atoms with Gasteiger partial charge in [0.05, 0.1) is 0 Å². The zero-order chi connectivity index (χ0) is 12.3. The van der Waals surface area contributed by atoms with Gasteiger partial charge in [-0.3, -0.25) is 0 Å². The lowest BCUT2D eigenvalue weighted by molar-refractivity contribution is 0.482. The highest BCUT2D eigenvalue weighted by molar-refractivity contribution is 5.56. The molecule has 0 aromatic heterocycles. The van der Waals surface area contributed by atoms with Crippen molar-refractivity contribution in [2.24, 2.45) is 5.73 Å². The van der Waals surface area contributed by atoms with Crippen LogP contribution >= 0.6 is 0 Å². The first-order valence-corrected chi connectivity index (χ1v) is 6.85. The minimum atomic E-state index is 0.167. The molecule has 0 amide bonds. The van der Waals surface area contributed by atoms with E-state index in [0.717, 1.165) is 6.42 Å². The second-order valence-electron chi connectivity index (χ2n) is 5.11. The van der Waals surface area contributed by atoms with Crippen LogP contribution in [0.1, 0.15) is 51.1 Å². The molecule has 1 saturated heterocycles. The highest BCUT2D eigenvalue weighted by atomic mass is 15.2. The van der Waals surface area contributed by atoms with E-state index < -0.39 is 0 Å². The number of benzene rings is 1. The Morgan fingerprint density at radius 2 is 2.12 bits per heavy atom. The fourth-order valence-electron chi connectivity index (χ4n) is 2.74. The summed E-state index contributed by atoms with van der Waals surface area (Å²) >= 11 is 0. The van der Waals surface area contributed by atoms with Crippen molar-refractivity contribution in [3.05, 3.63) is 29.8 Å². The summed E-state index contributed by atoms with van der Waals surface area (Å²) in [6.07, 6.45) is 4.97. The number of nitrogens with two attached hydrogens (primary N) is 1. The molecule has 1 aromatic rings. The van der Waals surface area contributed by atoms with E-state index in [2.05, 4.69) is 43.0 Å². The van der Waals surface area contributed by atoms with E-state index >= 15 is 0 Å². The molecule has 0 saturated carbocycles. The zero-order valence-electron chi connectivity index (χ0n) is 11.0. The fourth-order valence-corrected chi connectivity index (χ4v) is 2.74. The summed E-state index contributed by atoms with van der Waals surface area (Å²) < 4.78 is 0. The van der Waals surface area contributed by atoms with E-state index in [1.165, 1.54) is 37.1 Å². The predicted molar refractivity (Wildman–Crippen MR) is 74.3 cm³/mol. The van der Waals surface area contributed by atoms with Crippen LogP contribution < -0.4 is 10.6 Å². The molecule has 0 radical (unpaired) electrons. The molecule has 1 aromatic carbocycles. The van der Waals surface area contributed by atoms with Crippen molar-refractivity contribution in [2.75, 3.05) is 11.4 Å². The van der Waals surface area contributed by atoms with Crippen molar-refractivity contribution in [3.63, 3.8) is 0 Å². The minimum absolute atomic E-state index is 0.167. The molecule has 1 aliphatic heterocycles. The molecule has 2 N–H and O–H groups in total. The molecule has 2 nitrogen and oxygen atoms in total. The summed E-state index contributed by atoms with van der Waals surface area (Å²) in [6.45, 7) is 5.66. The summed E-state index contributed by atoms with van der Waals surface area (Å²) in [5, 5.41) is 0. The van der Waals surface area contributed by atoms with Crippen molar-refractivity contribution in [3.8, 4) is 0 Å². The van der Waals surface area contributed by atoms with Gasteiger partial charge < -0.3 is 10.6 Å². The SMILES string of the molecule is CC[C@H](N)c1ccccc1N1CCCCC1C. The lowest BCUT2D eigenvalue weighted by Crippen LogP contribution is -2.38. The Kier molecular flexibility index (Phi) is 4.06. The number of hydrogen-bond acceptors (Lipinski definition) is 2.